The number of benzene rings is 1. The molecule has 0 N–H and O–H groups in total. The minimum Gasteiger partial charge on any atom is -0.296 e. The zero-order chi connectivity index (χ0) is 24.4. The SMILES string of the molecule is CC/C(=C\C(=C/CC(F)(F)F)C(=O)CC[C@@H](CC)N(CC)Cc1ccccc1)C(F)(F)F. The van der Waals surface area contributed by atoms with Gasteiger partial charge < -0.3 is 0 Å². The minimum atomic E-state index is -4.70. The summed E-state index contributed by atoms with van der Waals surface area (Å²) >= 11 is 0. The zero-order valence-corrected chi connectivity index (χ0v) is 18.7. The van der Waals surface area contributed by atoms with Gasteiger partial charge in [-0.05, 0) is 37.4 Å². The molecule has 1 rings (SSSR count). The topological polar surface area (TPSA) is 20.3 Å². The van der Waals surface area contributed by atoms with Crippen molar-refractivity contribution in [2.45, 2.75) is 77.8 Å². The van der Waals surface area contributed by atoms with E-state index in [2.05, 4.69) is 4.90 Å². The molecule has 2 nitrogen and oxygen atoms in total. The lowest BCUT2D eigenvalue weighted by Crippen LogP contribution is -2.34. The van der Waals surface area contributed by atoms with Gasteiger partial charge >= 0.3 is 12.4 Å². The second-order valence-corrected chi connectivity index (χ2v) is 7.57. The Balaban J connectivity index is 3.00. The summed E-state index contributed by atoms with van der Waals surface area (Å²) in [4.78, 5) is 14.8. The van der Waals surface area contributed by atoms with E-state index in [4.69, 9.17) is 0 Å². The summed E-state index contributed by atoms with van der Waals surface area (Å²) in [6.07, 6.45) is -9.14. The lowest BCUT2D eigenvalue weighted by Gasteiger charge is -2.30. The van der Waals surface area contributed by atoms with Crippen LogP contribution in [0.1, 0.15) is 58.4 Å². The van der Waals surface area contributed by atoms with E-state index < -0.39 is 42.1 Å². The average Bonchev–Trinajstić information content (AvgIpc) is 2.72. The molecule has 0 aliphatic rings. The Bertz CT molecular complexity index is 765. The molecule has 0 unspecified atom stereocenters. The van der Waals surface area contributed by atoms with Crippen molar-refractivity contribution < 1.29 is 31.1 Å². The molecule has 0 saturated carbocycles. The van der Waals surface area contributed by atoms with Gasteiger partial charge in [0.2, 0.25) is 0 Å². The molecule has 8 heteroatoms. The third kappa shape index (κ3) is 10.0. The molecule has 0 radical (unpaired) electrons. The van der Waals surface area contributed by atoms with Gasteiger partial charge in [0.1, 0.15) is 0 Å². The molecule has 0 amide bonds. The maximum atomic E-state index is 13.1. The molecule has 0 fully saturated rings. The maximum absolute atomic E-state index is 13.1. The maximum Gasteiger partial charge on any atom is 0.412 e. The summed E-state index contributed by atoms with van der Waals surface area (Å²) < 4.78 is 77.3. The molecule has 1 aromatic carbocycles. The Morgan fingerprint density at radius 3 is 2.12 bits per heavy atom. The number of rotatable bonds is 12. The van der Waals surface area contributed by atoms with Crippen molar-refractivity contribution in [3.05, 3.63) is 59.2 Å². The summed E-state index contributed by atoms with van der Waals surface area (Å²) in [7, 11) is 0. The smallest absolute Gasteiger partial charge is 0.296 e. The number of Topliss-reactive ketones (excluding diaryl/α,β-unsaturated/α-hetero) is 1. The molecule has 0 heterocycles. The number of nitrogens with zero attached hydrogens (tertiary/aromatic N) is 1. The number of hydrogen-bond acceptors (Lipinski definition) is 2. The normalized spacial score (nSPS) is 14.7. The highest BCUT2D eigenvalue weighted by atomic mass is 19.4. The molecule has 180 valence electrons. The van der Waals surface area contributed by atoms with Crippen LogP contribution in [0.5, 0.6) is 0 Å². The third-order valence-electron chi connectivity index (χ3n) is 5.28. The molecule has 0 bridgehead atoms. The molecule has 0 aliphatic heterocycles. The molecule has 0 aromatic heterocycles. The zero-order valence-electron chi connectivity index (χ0n) is 18.7. The van der Waals surface area contributed by atoms with Gasteiger partial charge in [0.15, 0.2) is 5.78 Å². The highest BCUT2D eigenvalue weighted by Crippen LogP contribution is 2.30. The van der Waals surface area contributed by atoms with E-state index in [9.17, 15) is 31.1 Å². The van der Waals surface area contributed by atoms with E-state index >= 15 is 0 Å². The van der Waals surface area contributed by atoms with Crippen LogP contribution in [0.3, 0.4) is 0 Å². The lowest BCUT2D eigenvalue weighted by atomic mass is 9.97. The number of halogens is 6. The first-order chi connectivity index (χ1) is 14.9. The van der Waals surface area contributed by atoms with E-state index in [-0.39, 0.29) is 12.5 Å². The van der Waals surface area contributed by atoms with Crippen molar-refractivity contribution in [2.24, 2.45) is 0 Å². The Morgan fingerprint density at radius 1 is 1.03 bits per heavy atom. The fourth-order valence-corrected chi connectivity index (χ4v) is 3.45. The summed E-state index contributed by atoms with van der Waals surface area (Å²) in [6.45, 7) is 6.52. The van der Waals surface area contributed by atoms with Crippen LogP contribution < -0.4 is 0 Å². The van der Waals surface area contributed by atoms with E-state index in [0.717, 1.165) is 5.56 Å². The summed E-state index contributed by atoms with van der Waals surface area (Å²) in [5.74, 6) is -0.710. The van der Waals surface area contributed by atoms with Gasteiger partial charge in [-0.2, -0.15) is 26.3 Å². The number of allylic oxidation sites excluding steroid dienone is 4. The van der Waals surface area contributed by atoms with Crippen LogP contribution in [0, 0.1) is 0 Å². The fourth-order valence-electron chi connectivity index (χ4n) is 3.45. The molecule has 0 aliphatic carbocycles. The third-order valence-corrected chi connectivity index (χ3v) is 5.28. The Hall–Kier alpha value is -2.09. The first-order valence-electron chi connectivity index (χ1n) is 10.8. The van der Waals surface area contributed by atoms with Crippen molar-refractivity contribution in [1.29, 1.82) is 0 Å². The van der Waals surface area contributed by atoms with Crippen molar-refractivity contribution in [1.82, 2.24) is 4.90 Å². The largest absolute Gasteiger partial charge is 0.412 e. The van der Waals surface area contributed by atoms with Crippen molar-refractivity contribution in [3.63, 3.8) is 0 Å². The molecule has 32 heavy (non-hydrogen) atoms. The summed E-state index contributed by atoms with van der Waals surface area (Å²) in [6, 6.07) is 9.68. The quantitative estimate of drug-likeness (QED) is 0.183. The molecule has 0 spiro atoms. The molecule has 1 atom stereocenters. The van der Waals surface area contributed by atoms with Gasteiger partial charge in [0.25, 0.3) is 0 Å². The van der Waals surface area contributed by atoms with Gasteiger partial charge in [-0.15, -0.1) is 0 Å². The fraction of sp³-hybridized carbons (Fsp3) is 0.542. The van der Waals surface area contributed by atoms with Crippen molar-refractivity contribution in [2.75, 3.05) is 6.54 Å². The van der Waals surface area contributed by atoms with Gasteiger partial charge in [-0.25, -0.2) is 0 Å². The van der Waals surface area contributed by atoms with E-state index in [1.807, 2.05) is 44.2 Å². The average molecular weight is 464 g/mol. The number of carbonyl (C=O) groups excluding carboxylic acids is 1. The van der Waals surface area contributed by atoms with Crippen LogP contribution in [-0.2, 0) is 11.3 Å². The second kappa shape index (κ2) is 12.8. The van der Waals surface area contributed by atoms with Crippen LogP contribution in [0.4, 0.5) is 26.3 Å². The highest BCUT2D eigenvalue weighted by Gasteiger charge is 2.33. The summed E-state index contributed by atoms with van der Waals surface area (Å²) in [5.41, 5.74) is -0.464. The monoisotopic (exact) mass is 463 g/mol. The predicted molar refractivity (Wildman–Crippen MR) is 114 cm³/mol. The molecular formula is C24H31F6NO. The van der Waals surface area contributed by atoms with Crippen LogP contribution in [-0.4, -0.2) is 35.6 Å². The Kier molecular flexibility index (Phi) is 11.2. The van der Waals surface area contributed by atoms with E-state index in [0.29, 0.717) is 38.1 Å². The van der Waals surface area contributed by atoms with Crippen LogP contribution in [0.25, 0.3) is 0 Å². The summed E-state index contributed by atoms with van der Waals surface area (Å²) in [5, 5.41) is 0. The number of hydrogen-bond donors (Lipinski definition) is 0. The molecule has 0 saturated heterocycles. The number of ketones is 1. The van der Waals surface area contributed by atoms with Crippen LogP contribution in [0.2, 0.25) is 0 Å². The van der Waals surface area contributed by atoms with E-state index in [1.165, 1.54) is 6.92 Å². The second-order valence-electron chi connectivity index (χ2n) is 7.57. The van der Waals surface area contributed by atoms with Gasteiger partial charge in [-0.1, -0.05) is 57.2 Å². The van der Waals surface area contributed by atoms with Crippen molar-refractivity contribution in [3.8, 4) is 0 Å². The Labute approximate surface area is 186 Å². The molecular weight excluding hydrogens is 432 g/mol. The standard InChI is InChI=1S/C24H31F6NO/c1-4-20(24(28,29)30)16-19(14-15-23(25,26)27)22(32)13-12-21(5-2)31(6-3)17-18-10-8-7-9-11-18/h7-11,14,16,21H,4-6,12-13,15,17H2,1-3H3/b19-14+,20-16+/t21-/m1/s1. The van der Waals surface area contributed by atoms with E-state index in [1.54, 1.807) is 0 Å². The van der Waals surface area contributed by atoms with Crippen LogP contribution >= 0.6 is 0 Å². The number of alkyl halides is 6. The number of carbonyl (C=O) groups is 1. The lowest BCUT2D eigenvalue weighted by molar-refractivity contribution is -0.125. The first kappa shape index (κ1) is 27.9. The Morgan fingerprint density at radius 2 is 1.66 bits per heavy atom. The van der Waals surface area contributed by atoms with Gasteiger partial charge in [0.05, 0.1) is 6.42 Å². The molecule has 1 aromatic rings. The highest BCUT2D eigenvalue weighted by molar-refractivity contribution is 5.98. The van der Waals surface area contributed by atoms with Gasteiger partial charge in [0, 0.05) is 30.2 Å². The van der Waals surface area contributed by atoms with Gasteiger partial charge in [-0.3, -0.25) is 9.69 Å². The minimum absolute atomic E-state index is 0.0229. The van der Waals surface area contributed by atoms with Crippen LogP contribution in [0.15, 0.2) is 53.6 Å². The first-order valence-corrected chi connectivity index (χ1v) is 10.8. The predicted octanol–water partition coefficient (Wildman–Crippen LogP) is 7.41. The van der Waals surface area contributed by atoms with Crippen molar-refractivity contribution >= 4 is 5.78 Å².